The zero-order chi connectivity index (χ0) is 12.7. The number of fused-ring (bicyclic) bond motifs is 2. The van der Waals surface area contributed by atoms with Gasteiger partial charge in [-0.25, -0.2) is 0 Å². The van der Waals surface area contributed by atoms with Crippen molar-refractivity contribution in [3.63, 3.8) is 0 Å². The fraction of sp³-hybridized carbons (Fsp3) is 0.0714. The second-order valence-corrected chi connectivity index (χ2v) is 3.97. The number of phenols is 1. The van der Waals surface area contributed by atoms with E-state index in [0.29, 0.717) is 27.7 Å². The van der Waals surface area contributed by atoms with Crippen molar-refractivity contribution in [3.8, 4) is 11.5 Å². The average molecular weight is 242 g/mol. The summed E-state index contributed by atoms with van der Waals surface area (Å²) in [4.78, 5) is 12.2. The molecule has 0 spiro atoms. The summed E-state index contributed by atoms with van der Waals surface area (Å²) in [5.41, 5.74) is 0.751. The molecule has 1 aromatic heterocycles. The topological polar surface area (TPSA) is 59.7 Å². The summed E-state index contributed by atoms with van der Waals surface area (Å²) in [5.74, 6) is 0.673. The normalized spacial score (nSPS) is 10.9. The van der Waals surface area contributed by atoms with Crippen LogP contribution < -0.4 is 10.2 Å². The molecular formula is C14H10O4. The lowest BCUT2D eigenvalue weighted by Gasteiger charge is -2.04. The molecule has 0 aliphatic carbocycles. The minimum absolute atomic E-state index is 0.0441. The molecule has 4 nitrogen and oxygen atoms in total. The molecule has 4 heteroatoms. The molecule has 0 atom stereocenters. The van der Waals surface area contributed by atoms with Crippen LogP contribution in [0.3, 0.4) is 0 Å². The van der Waals surface area contributed by atoms with Crippen LogP contribution in [0.4, 0.5) is 0 Å². The van der Waals surface area contributed by atoms with E-state index in [1.54, 1.807) is 31.4 Å². The highest BCUT2D eigenvalue weighted by Crippen LogP contribution is 2.24. The molecule has 90 valence electrons. The third-order valence-electron chi connectivity index (χ3n) is 2.86. The number of rotatable bonds is 1. The van der Waals surface area contributed by atoms with Crippen molar-refractivity contribution >= 4 is 21.9 Å². The monoisotopic (exact) mass is 242 g/mol. The molecule has 3 rings (SSSR count). The van der Waals surface area contributed by atoms with E-state index >= 15 is 0 Å². The van der Waals surface area contributed by atoms with Crippen LogP contribution in [0.5, 0.6) is 11.5 Å². The van der Waals surface area contributed by atoms with E-state index in [4.69, 9.17) is 9.15 Å². The molecule has 18 heavy (non-hydrogen) atoms. The first kappa shape index (κ1) is 10.7. The number of aromatic hydroxyl groups is 1. The van der Waals surface area contributed by atoms with Gasteiger partial charge >= 0.3 is 0 Å². The fourth-order valence-electron chi connectivity index (χ4n) is 1.95. The van der Waals surface area contributed by atoms with Crippen molar-refractivity contribution in [2.45, 2.75) is 0 Å². The molecule has 0 aliphatic rings. The van der Waals surface area contributed by atoms with Crippen molar-refractivity contribution in [1.82, 2.24) is 0 Å². The third-order valence-corrected chi connectivity index (χ3v) is 2.86. The number of methoxy groups -OCH3 is 1. The molecule has 1 heterocycles. The number of phenolic OH excluding ortho intramolecular Hbond substituents is 1. The zero-order valence-corrected chi connectivity index (χ0v) is 9.64. The van der Waals surface area contributed by atoms with Gasteiger partial charge < -0.3 is 14.3 Å². The molecular weight excluding hydrogens is 232 g/mol. The minimum Gasteiger partial charge on any atom is -0.508 e. The van der Waals surface area contributed by atoms with Gasteiger partial charge in [0, 0.05) is 6.07 Å². The molecule has 0 unspecified atom stereocenters. The standard InChI is InChI=1S/C14H10O4/c1-17-9-3-4-10-13(7-9)18-12-5-2-8(15)6-11(12)14(10)16/h2-7,15H,1H3. The lowest BCUT2D eigenvalue weighted by molar-refractivity contribution is 0.414. The summed E-state index contributed by atoms with van der Waals surface area (Å²) in [7, 11) is 1.55. The van der Waals surface area contributed by atoms with E-state index in [9.17, 15) is 9.90 Å². The van der Waals surface area contributed by atoms with Gasteiger partial charge in [0.25, 0.3) is 0 Å². The Kier molecular flexibility index (Phi) is 2.23. The Morgan fingerprint density at radius 2 is 1.89 bits per heavy atom. The third kappa shape index (κ3) is 1.50. The number of benzene rings is 2. The van der Waals surface area contributed by atoms with Gasteiger partial charge in [-0.1, -0.05) is 0 Å². The Morgan fingerprint density at radius 3 is 2.67 bits per heavy atom. The van der Waals surface area contributed by atoms with Gasteiger partial charge in [-0.05, 0) is 30.3 Å². The lowest BCUT2D eigenvalue weighted by atomic mass is 10.1. The lowest BCUT2D eigenvalue weighted by Crippen LogP contribution is -2.01. The van der Waals surface area contributed by atoms with E-state index < -0.39 is 0 Å². The van der Waals surface area contributed by atoms with Gasteiger partial charge in [0.1, 0.15) is 22.7 Å². The first-order valence-electron chi connectivity index (χ1n) is 5.42. The van der Waals surface area contributed by atoms with E-state index in [1.165, 1.54) is 12.1 Å². The molecule has 0 saturated heterocycles. The maximum atomic E-state index is 12.2. The molecule has 1 N–H and O–H groups in total. The van der Waals surface area contributed by atoms with E-state index in [-0.39, 0.29) is 11.2 Å². The van der Waals surface area contributed by atoms with Crippen LogP contribution in [-0.4, -0.2) is 12.2 Å². The van der Waals surface area contributed by atoms with Gasteiger partial charge in [-0.15, -0.1) is 0 Å². The second kappa shape index (κ2) is 3.77. The summed E-state index contributed by atoms with van der Waals surface area (Å²) >= 11 is 0. The van der Waals surface area contributed by atoms with E-state index in [2.05, 4.69) is 0 Å². The molecule has 0 saturated carbocycles. The minimum atomic E-state index is -0.162. The summed E-state index contributed by atoms with van der Waals surface area (Å²) in [5, 5.41) is 10.2. The van der Waals surface area contributed by atoms with Crippen molar-refractivity contribution in [2.75, 3.05) is 7.11 Å². The highest BCUT2D eigenvalue weighted by Gasteiger charge is 2.08. The molecule has 0 amide bonds. The predicted molar refractivity (Wildman–Crippen MR) is 68.2 cm³/mol. The Bertz CT molecular complexity index is 802. The first-order chi connectivity index (χ1) is 8.69. The smallest absolute Gasteiger partial charge is 0.200 e. The number of hydrogen-bond donors (Lipinski definition) is 1. The summed E-state index contributed by atoms with van der Waals surface area (Å²) in [6.07, 6.45) is 0. The first-order valence-corrected chi connectivity index (χ1v) is 5.42. The second-order valence-electron chi connectivity index (χ2n) is 3.97. The SMILES string of the molecule is COc1ccc2c(=O)c3cc(O)ccc3oc2c1. The summed E-state index contributed by atoms with van der Waals surface area (Å²) in [6, 6.07) is 9.49. The maximum absolute atomic E-state index is 12.2. The van der Waals surface area contributed by atoms with E-state index in [0.717, 1.165) is 0 Å². The molecule has 0 bridgehead atoms. The van der Waals surface area contributed by atoms with Crippen molar-refractivity contribution in [3.05, 3.63) is 46.6 Å². The van der Waals surface area contributed by atoms with Crippen molar-refractivity contribution < 1.29 is 14.3 Å². The molecule has 0 radical (unpaired) electrons. The van der Waals surface area contributed by atoms with Gasteiger partial charge in [-0.3, -0.25) is 4.79 Å². The van der Waals surface area contributed by atoms with Crippen LogP contribution in [0.1, 0.15) is 0 Å². The number of ether oxygens (including phenoxy) is 1. The van der Waals surface area contributed by atoms with Crippen LogP contribution in [0, 0.1) is 0 Å². The molecule has 2 aromatic carbocycles. The van der Waals surface area contributed by atoms with Gasteiger partial charge in [0.15, 0.2) is 0 Å². The van der Waals surface area contributed by atoms with Gasteiger partial charge in [0.05, 0.1) is 17.9 Å². The van der Waals surface area contributed by atoms with E-state index in [1.807, 2.05) is 0 Å². The molecule has 3 aromatic rings. The average Bonchev–Trinajstić information content (AvgIpc) is 2.39. The van der Waals surface area contributed by atoms with Crippen LogP contribution in [0.15, 0.2) is 45.6 Å². The quantitative estimate of drug-likeness (QED) is 0.666. The van der Waals surface area contributed by atoms with Crippen LogP contribution >= 0.6 is 0 Å². The molecule has 0 aliphatic heterocycles. The highest BCUT2D eigenvalue weighted by atomic mass is 16.5. The molecule has 0 fully saturated rings. The Hall–Kier alpha value is -2.49. The Balaban J connectivity index is 2.48. The number of hydrogen-bond acceptors (Lipinski definition) is 4. The zero-order valence-electron chi connectivity index (χ0n) is 9.64. The maximum Gasteiger partial charge on any atom is 0.200 e. The Morgan fingerprint density at radius 1 is 1.06 bits per heavy atom. The van der Waals surface area contributed by atoms with Crippen molar-refractivity contribution in [1.29, 1.82) is 0 Å². The van der Waals surface area contributed by atoms with Gasteiger partial charge in [0.2, 0.25) is 5.43 Å². The van der Waals surface area contributed by atoms with Crippen molar-refractivity contribution in [2.24, 2.45) is 0 Å². The summed E-state index contributed by atoms with van der Waals surface area (Å²) < 4.78 is 10.7. The van der Waals surface area contributed by atoms with Crippen LogP contribution in [0.25, 0.3) is 21.9 Å². The largest absolute Gasteiger partial charge is 0.508 e. The predicted octanol–water partition coefficient (Wildman–Crippen LogP) is 2.66. The van der Waals surface area contributed by atoms with Gasteiger partial charge in [-0.2, -0.15) is 0 Å². The summed E-state index contributed by atoms with van der Waals surface area (Å²) in [6.45, 7) is 0. The van der Waals surface area contributed by atoms with Crippen LogP contribution in [0.2, 0.25) is 0 Å². The Labute approximate surface area is 102 Å². The fourth-order valence-corrected chi connectivity index (χ4v) is 1.95. The van der Waals surface area contributed by atoms with Crippen LogP contribution in [-0.2, 0) is 0 Å². The highest BCUT2D eigenvalue weighted by molar-refractivity contribution is 5.90.